The van der Waals surface area contributed by atoms with Gasteiger partial charge in [-0.3, -0.25) is 4.79 Å². The van der Waals surface area contributed by atoms with E-state index >= 15 is 0 Å². The Balaban J connectivity index is 1.44. The lowest BCUT2D eigenvalue weighted by molar-refractivity contribution is -0.128. The molecule has 30 heavy (non-hydrogen) atoms. The summed E-state index contributed by atoms with van der Waals surface area (Å²) in [7, 11) is 1.40. The van der Waals surface area contributed by atoms with Gasteiger partial charge in [-0.2, -0.15) is 5.10 Å². The zero-order valence-corrected chi connectivity index (χ0v) is 17.7. The first kappa shape index (κ1) is 19.4. The molecule has 2 unspecified atom stereocenters. The molecule has 0 aliphatic heterocycles. The van der Waals surface area contributed by atoms with Gasteiger partial charge in [0.2, 0.25) is 11.0 Å². The van der Waals surface area contributed by atoms with E-state index in [0.29, 0.717) is 11.5 Å². The number of thiazole rings is 1. The Morgan fingerprint density at radius 1 is 1.27 bits per heavy atom. The fourth-order valence-electron chi connectivity index (χ4n) is 5.05. The molecule has 3 aromatic rings. The molecule has 0 saturated heterocycles. The van der Waals surface area contributed by atoms with Gasteiger partial charge in [-0.15, -0.1) is 11.3 Å². The smallest absolute Gasteiger partial charge is 0.270 e. The van der Waals surface area contributed by atoms with Gasteiger partial charge in [0.1, 0.15) is 5.41 Å². The highest BCUT2D eigenvalue weighted by atomic mass is 32.1. The van der Waals surface area contributed by atoms with Crippen molar-refractivity contribution in [1.82, 2.24) is 20.1 Å². The van der Waals surface area contributed by atoms with Crippen LogP contribution in [0, 0.1) is 5.41 Å². The van der Waals surface area contributed by atoms with Gasteiger partial charge in [0.25, 0.3) is 5.92 Å². The number of halogens is 2. The van der Waals surface area contributed by atoms with Crippen LogP contribution in [0.15, 0.2) is 42.0 Å². The summed E-state index contributed by atoms with van der Waals surface area (Å²) in [5.41, 5.74) is 2.22. The second-order valence-electron chi connectivity index (χ2n) is 8.41. The lowest BCUT2D eigenvalue weighted by atomic mass is 9.91. The normalized spacial score (nSPS) is 28.9. The molecule has 1 saturated carbocycles. The van der Waals surface area contributed by atoms with Crippen LogP contribution in [0.25, 0.3) is 5.13 Å². The number of hydrogen-bond donors (Lipinski definition) is 1. The van der Waals surface area contributed by atoms with E-state index in [9.17, 15) is 13.6 Å². The predicted octanol–water partition coefficient (Wildman–Crippen LogP) is 4.45. The predicted molar refractivity (Wildman–Crippen MR) is 110 cm³/mol. The molecule has 1 aromatic carbocycles. The lowest BCUT2D eigenvalue weighted by Gasteiger charge is -2.12. The molecular weight excluding hydrogens is 406 g/mol. The van der Waals surface area contributed by atoms with Crippen LogP contribution in [-0.4, -0.2) is 33.6 Å². The number of hydrogen-bond acceptors (Lipinski definition) is 4. The van der Waals surface area contributed by atoms with Crippen molar-refractivity contribution in [2.75, 3.05) is 7.05 Å². The minimum Gasteiger partial charge on any atom is -0.358 e. The van der Waals surface area contributed by atoms with E-state index in [-0.39, 0.29) is 5.92 Å². The maximum atomic E-state index is 14.5. The number of benzene rings is 1. The van der Waals surface area contributed by atoms with Gasteiger partial charge >= 0.3 is 0 Å². The number of carbonyl (C=O) groups excluding carboxylic acids is 1. The number of carbonyl (C=O) groups is 1. The minimum atomic E-state index is -3.04. The van der Waals surface area contributed by atoms with Gasteiger partial charge in [-0.05, 0) is 30.4 Å². The molecule has 1 fully saturated rings. The Morgan fingerprint density at radius 2 is 1.97 bits per heavy atom. The summed E-state index contributed by atoms with van der Waals surface area (Å²) in [5.74, 6) is -4.27. The van der Waals surface area contributed by atoms with Crippen LogP contribution >= 0.6 is 11.3 Å². The molecule has 5 nitrogen and oxygen atoms in total. The summed E-state index contributed by atoms with van der Waals surface area (Å²) < 4.78 is 30.9. The monoisotopic (exact) mass is 428 g/mol. The van der Waals surface area contributed by atoms with E-state index in [4.69, 9.17) is 0 Å². The molecule has 4 atom stereocenters. The summed E-state index contributed by atoms with van der Waals surface area (Å²) >= 11 is 1.55. The first-order chi connectivity index (χ1) is 14.3. The van der Waals surface area contributed by atoms with Crippen molar-refractivity contribution < 1.29 is 13.6 Å². The summed E-state index contributed by atoms with van der Waals surface area (Å²) in [6.45, 7) is 3.51. The number of alkyl halides is 2. The van der Waals surface area contributed by atoms with Crippen LogP contribution < -0.4 is 5.32 Å². The molecule has 1 N–H and O–H groups in total. The average Bonchev–Trinajstić information content (AvgIpc) is 3.30. The van der Waals surface area contributed by atoms with Gasteiger partial charge in [0, 0.05) is 30.1 Å². The number of amides is 1. The largest absolute Gasteiger partial charge is 0.358 e. The van der Waals surface area contributed by atoms with Gasteiger partial charge in [-0.1, -0.05) is 31.2 Å². The minimum absolute atomic E-state index is 0.169. The van der Waals surface area contributed by atoms with Gasteiger partial charge in [0.05, 0.1) is 17.8 Å². The Kier molecular flexibility index (Phi) is 4.16. The number of aromatic nitrogens is 3. The van der Waals surface area contributed by atoms with Crippen LogP contribution in [0.3, 0.4) is 0 Å². The molecule has 2 aliphatic carbocycles. The molecule has 0 bridgehead atoms. The van der Waals surface area contributed by atoms with Crippen molar-refractivity contribution >= 4 is 17.2 Å². The van der Waals surface area contributed by atoms with Crippen LogP contribution in [0.5, 0.6) is 0 Å². The molecule has 5 rings (SSSR count). The van der Waals surface area contributed by atoms with Crippen LogP contribution in [-0.2, 0) is 4.79 Å². The summed E-state index contributed by atoms with van der Waals surface area (Å²) in [6, 6.07) is 7.33. The maximum Gasteiger partial charge on any atom is 0.270 e. The molecule has 0 spiro atoms. The standard InChI is InChI=1S/C22H22F2N4OS/c1-12-10-15(16-11-27-28(17(12)16)20-26-8-9-30-20)13-4-6-14(7-5-13)18-21(2,19(29)25-3)22(18,23)24/h4-9,11-12,15,18H,10H2,1-3H3,(H,25,29)/t12?,15?,18-,21+/m1/s1. The molecule has 0 radical (unpaired) electrons. The van der Waals surface area contributed by atoms with Crippen molar-refractivity contribution in [2.24, 2.45) is 5.41 Å². The zero-order valence-electron chi connectivity index (χ0n) is 16.9. The fourth-order valence-corrected chi connectivity index (χ4v) is 5.66. The Bertz CT molecular complexity index is 1110. The highest BCUT2D eigenvalue weighted by Crippen LogP contribution is 2.71. The van der Waals surface area contributed by atoms with E-state index < -0.39 is 23.2 Å². The highest BCUT2D eigenvalue weighted by molar-refractivity contribution is 7.12. The fraction of sp³-hybridized carbons (Fsp3) is 0.409. The van der Waals surface area contributed by atoms with Crippen molar-refractivity contribution in [3.05, 3.63) is 64.4 Å². The molecule has 2 aliphatic rings. The number of fused-ring (bicyclic) bond motifs is 1. The molecule has 2 aromatic heterocycles. The molecule has 8 heteroatoms. The number of nitrogens with one attached hydrogen (secondary N) is 1. The van der Waals surface area contributed by atoms with E-state index in [1.807, 2.05) is 28.4 Å². The Hall–Kier alpha value is -2.61. The second kappa shape index (κ2) is 6.44. The molecular formula is C22H22F2N4OS. The second-order valence-corrected chi connectivity index (χ2v) is 9.28. The molecule has 1 amide bonds. The van der Waals surface area contributed by atoms with Crippen LogP contribution in [0.1, 0.15) is 60.4 Å². The van der Waals surface area contributed by atoms with Crippen molar-refractivity contribution in [2.45, 2.75) is 43.9 Å². The van der Waals surface area contributed by atoms with Gasteiger partial charge < -0.3 is 5.32 Å². The number of rotatable bonds is 4. The van der Waals surface area contributed by atoms with Crippen LogP contribution in [0.2, 0.25) is 0 Å². The van der Waals surface area contributed by atoms with E-state index in [1.54, 1.807) is 29.7 Å². The van der Waals surface area contributed by atoms with E-state index in [2.05, 4.69) is 22.3 Å². The molecule has 156 valence electrons. The summed E-state index contributed by atoms with van der Waals surface area (Å²) in [6.07, 6.45) is 4.61. The quantitative estimate of drug-likeness (QED) is 0.668. The first-order valence-electron chi connectivity index (χ1n) is 9.98. The number of nitrogens with zero attached hydrogens (tertiary/aromatic N) is 3. The Morgan fingerprint density at radius 3 is 2.60 bits per heavy atom. The zero-order chi connectivity index (χ0) is 21.3. The Labute approximate surface area is 177 Å². The van der Waals surface area contributed by atoms with Gasteiger partial charge in [0.15, 0.2) is 0 Å². The average molecular weight is 429 g/mol. The van der Waals surface area contributed by atoms with E-state index in [1.165, 1.54) is 19.7 Å². The molecule has 2 heterocycles. The lowest BCUT2D eigenvalue weighted by Crippen LogP contribution is -2.31. The van der Waals surface area contributed by atoms with Crippen LogP contribution in [0.4, 0.5) is 8.78 Å². The third kappa shape index (κ3) is 2.46. The third-order valence-electron chi connectivity index (χ3n) is 6.79. The van der Waals surface area contributed by atoms with Gasteiger partial charge in [-0.25, -0.2) is 18.4 Å². The third-order valence-corrected chi connectivity index (χ3v) is 7.54. The summed E-state index contributed by atoms with van der Waals surface area (Å²) in [5, 5.41) is 9.71. The van der Waals surface area contributed by atoms with Crippen molar-refractivity contribution in [3.63, 3.8) is 0 Å². The van der Waals surface area contributed by atoms with E-state index in [0.717, 1.165) is 22.7 Å². The topological polar surface area (TPSA) is 59.8 Å². The maximum absolute atomic E-state index is 14.5. The first-order valence-corrected chi connectivity index (χ1v) is 10.9. The van der Waals surface area contributed by atoms with Crippen molar-refractivity contribution in [3.8, 4) is 5.13 Å². The highest BCUT2D eigenvalue weighted by Gasteiger charge is 2.82. The van der Waals surface area contributed by atoms with Crippen molar-refractivity contribution in [1.29, 1.82) is 0 Å². The SMILES string of the molecule is CNC(=O)[C@]1(C)[C@@H](c2ccc(C3CC(C)c4c3cnn4-c3nccs3)cc2)C1(F)F. The summed E-state index contributed by atoms with van der Waals surface area (Å²) in [4.78, 5) is 16.4.